The summed E-state index contributed by atoms with van der Waals surface area (Å²) in [5, 5.41) is 8.86. The molecule has 1 heterocycles. The second-order valence-corrected chi connectivity index (χ2v) is 5.28. The van der Waals surface area contributed by atoms with Crippen LogP contribution in [0.3, 0.4) is 0 Å². The van der Waals surface area contributed by atoms with Gasteiger partial charge < -0.3 is 9.84 Å². The molecule has 1 aliphatic heterocycles. The molecule has 5 nitrogen and oxygen atoms in total. The van der Waals surface area contributed by atoms with Crippen molar-refractivity contribution in [3.8, 4) is 0 Å². The van der Waals surface area contributed by atoms with Crippen molar-refractivity contribution in [1.82, 2.24) is 4.90 Å². The van der Waals surface area contributed by atoms with Crippen molar-refractivity contribution in [2.24, 2.45) is 0 Å². The lowest BCUT2D eigenvalue weighted by atomic mass is 9.98. The van der Waals surface area contributed by atoms with Crippen molar-refractivity contribution in [2.45, 2.75) is 51.2 Å². The Balaban J connectivity index is 2.91. The minimum absolute atomic E-state index is 0.0402. The highest BCUT2D eigenvalue weighted by Gasteiger charge is 2.53. The zero-order valence-corrected chi connectivity index (χ0v) is 10.6. The van der Waals surface area contributed by atoms with Gasteiger partial charge in [-0.15, -0.1) is 0 Å². The molecular formula is C11H17F2NO4. The number of carboxylic acids is 1. The van der Waals surface area contributed by atoms with Crippen LogP contribution in [0, 0.1) is 0 Å². The van der Waals surface area contributed by atoms with Crippen LogP contribution in [0.4, 0.5) is 13.6 Å². The number of carboxylic acid groups (broad SMARTS) is 1. The standard InChI is InChI=1S/C11H17F2NO4/c1-10(2,3)18-9(17)14-6-4-5-11(12,13)7(14)8(15)16/h7H,4-6H2,1-3H3,(H,15,16). The number of nitrogens with zero attached hydrogens (tertiary/aromatic N) is 1. The van der Waals surface area contributed by atoms with Crippen LogP contribution in [0.5, 0.6) is 0 Å². The van der Waals surface area contributed by atoms with Gasteiger partial charge >= 0.3 is 12.1 Å². The van der Waals surface area contributed by atoms with Crippen molar-refractivity contribution in [2.75, 3.05) is 6.54 Å². The van der Waals surface area contributed by atoms with E-state index in [4.69, 9.17) is 9.84 Å². The number of carbonyl (C=O) groups excluding carboxylic acids is 1. The van der Waals surface area contributed by atoms with Gasteiger partial charge in [-0.3, -0.25) is 4.90 Å². The fraction of sp³-hybridized carbons (Fsp3) is 0.818. The van der Waals surface area contributed by atoms with E-state index in [1.807, 2.05) is 0 Å². The number of amides is 1. The molecule has 18 heavy (non-hydrogen) atoms. The number of hydrogen-bond donors (Lipinski definition) is 1. The molecule has 0 bridgehead atoms. The normalized spacial score (nSPS) is 23.6. The van der Waals surface area contributed by atoms with E-state index in [2.05, 4.69) is 0 Å². The Morgan fingerprint density at radius 2 is 1.94 bits per heavy atom. The topological polar surface area (TPSA) is 66.8 Å². The van der Waals surface area contributed by atoms with Gasteiger partial charge in [-0.2, -0.15) is 0 Å². The summed E-state index contributed by atoms with van der Waals surface area (Å²) in [5.74, 6) is -5.15. The molecule has 1 unspecified atom stereocenters. The predicted molar refractivity (Wildman–Crippen MR) is 58.5 cm³/mol. The van der Waals surface area contributed by atoms with Crippen LogP contribution in [-0.4, -0.2) is 46.2 Å². The molecule has 104 valence electrons. The average molecular weight is 265 g/mol. The highest BCUT2D eigenvalue weighted by molar-refractivity contribution is 5.81. The van der Waals surface area contributed by atoms with Gasteiger partial charge in [0.15, 0.2) is 6.04 Å². The lowest BCUT2D eigenvalue weighted by molar-refractivity contribution is -0.167. The molecule has 1 N–H and O–H groups in total. The number of aliphatic carboxylic acids is 1. The van der Waals surface area contributed by atoms with Crippen LogP contribution in [0.1, 0.15) is 33.6 Å². The number of rotatable bonds is 1. The Kier molecular flexibility index (Phi) is 3.83. The quantitative estimate of drug-likeness (QED) is 0.788. The summed E-state index contributed by atoms with van der Waals surface area (Å²) in [6.07, 6.45) is -1.51. The van der Waals surface area contributed by atoms with Crippen LogP contribution in [-0.2, 0) is 9.53 Å². The molecule has 0 saturated carbocycles. The van der Waals surface area contributed by atoms with Crippen molar-refractivity contribution < 1.29 is 28.2 Å². The van der Waals surface area contributed by atoms with Gasteiger partial charge in [0.25, 0.3) is 5.92 Å². The smallest absolute Gasteiger partial charge is 0.411 e. The molecule has 1 saturated heterocycles. The first-order valence-corrected chi connectivity index (χ1v) is 5.65. The highest BCUT2D eigenvalue weighted by Crippen LogP contribution is 2.34. The maximum Gasteiger partial charge on any atom is 0.411 e. The van der Waals surface area contributed by atoms with Crippen molar-refractivity contribution in [3.05, 3.63) is 0 Å². The van der Waals surface area contributed by atoms with Crippen molar-refractivity contribution in [1.29, 1.82) is 0 Å². The summed E-state index contributed by atoms with van der Waals surface area (Å²) in [6, 6.07) is -2.15. The molecule has 0 aromatic heterocycles. The van der Waals surface area contributed by atoms with E-state index in [0.717, 1.165) is 0 Å². The van der Waals surface area contributed by atoms with Crippen LogP contribution in [0.25, 0.3) is 0 Å². The van der Waals surface area contributed by atoms with Gasteiger partial charge in [-0.1, -0.05) is 0 Å². The predicted octanol–water partition coefficient (Wildman–Crippen LogP) is 2.11. The van der Waals surface area contributed by atoms with E-state index in [9.17, 15) is 18.4 Å². The minimum atomic E-state index is -3.43. The monoisotopic (exact) mass is 265 g/mol. The SMILES string of the molecule is CC(C)(C)OC(=O)N1CCCC(F)(F)C1C(=O)O. The van der Waals surface area contributed by atoms with Gasteiger partial charge in [0.05, 0.1) is 0 Å². The summed E-state index contributed by atoms with van der Waals surface area (Å²) in [4.78, 5) is 23.2. The molecular weight excluding hydrogens is 248 g/mol. The molecule has 1 fully saturated rings. The Morgan fingerprint density at radius 3 is 2.39 bits per heavy atom. The third kappa shape index (κ3) is 3.30. The van der Waals surface area contributed by atoms with E-state index >= 15 is 0 Å². The van der Waals surface area contributed by atoms with E-state index in [0.29, 0.717) is 4.90 Å². The molecule has 0 aromatic carbocycles. The second kappa shape index (κ2) is 4.70. The fourth-order valence-corrected chi connectivity index (χ4v) is 1.81. The summed E-state index contributed by atoms with van der Waals surface area (Å²) >= 11 is 0. The molecule has 1 aliphatic rings. The lowest BCUT2D eigenvalue weighted by Crippen LogP contribution is -2.59. The van der Waals surface area contributed by atoms with E-state index in [-0.39, 0.29) is 13.0 Å². The number of piperidine rings is 1. The van der Waals surface area contributed by atoms with Crippen LogP contribution >= 0.6 is 0 Å². The van der Waals surface area contributed by atoms with Crippen molar-refractivity contribution in [3.63, 3.8) is 0 Å². The third-order valence-electron chi connectivity index (χ3n) is 2.48. The van der Waals surface area contributed by atoms with Crippen LogP contribution < -0.4 is 0 Å². The molecule has 0 aliphatic carbocycles. The number of halogens is 2. The summed E-state index contributed by atoms with van der Waals surface area (Å²) < 4.78 is 32.0. The van der Waals surface area contributed by atoms with Gasteiger partial charge in [-0.25, -0.2) is 18.4 Å². The van der Waals surface area contributed by atoms with E-state index < -0.39 is 36.0 Å². The Bertz CT molecular complexity index is 351. The molecule has 1 atom stereocenters. The molecule has 7 heteroatoms. The fourth-order valence-electron chi connectivity index (χ4n) is 1.81. The maximum absolute atomic E-state index is 13.5. The highest BCUT2D eigenvalue weighted by atomic mass is 19.3. The Labute approximate surface area is 104 Å². The first-order valence-electron chi connectivity index (χ1n) is 5.65. The van der Waals surface area contributed by atoms with Gasteiger partial charge in [0.1, 0.15) is 5.60 Å². The van der Waals surface area contributed by atoms with E-state index in [1.165, 1.54) is 0 Å². The number of ether oxygens (including phenoxy) is 1. The number of likely N-dealkylation sites (tertiary alicyclic amines) is 1. The molecule has 0 radical (unpaired) electrons. The average Bonchev–Trinajstić information content (AvgIpc) is 2.11. The molecule has 1 rings (SSSR count). The number of hydrogen-bond acceptors (Lipinski definition) is 3. The van der Waals surface area contributed by atoms with E-state index in [1.54, 1.807) is 20.8 Å². The summed E-state index contributed by atoms with van der Waals surface area (Å²) in [6.45, 7) is 4.72. The maximum atomic E-state index is 13.5. The first kappa shape index (κ1) is 14.7. The molecule has 1 amide bonds. The van der Waals surface area contributed by atoms with Gasteiger partial charge in [0, 0.05) is 13.0 Å². The zero-order chi connectivity index (χ0) is 14.1. The van der Waals surface area contributed by atoms with Crippen LogP contribution in [0.2, 0.25) is 0 Å². The third-order valence-corrected chi connectivity index (χ3v) is 2.48. The van der Waals surface area contributed by atoms with Gasteiger partial charge in [-0.05, 0) is 27.2 Å². The number of carbonyl (C=O) groups is 2. The van der Waals surface area contributed by atoms with Gasteiger partial charge in [0.2, 0.25) is 0 Å². The summed E-state index contributed by atoms with van der Waals surface area (Å²) in [5.41, 5.74) is -0.854. The minimum Gasteiger partial charge on any atom is -0.480 e. The zero-order valence-electron chi connectivity index (χ0n) is 10.6. The largest absolute Gasteiger partial charge is 0.480 e. The first-order chi connectivity index (χ1) is 8.04. The van der Waals surface area contributed by atoms with Crippen LogP contribution in [0.15, 0.2) is 0 Å². The molecule has 0 spiro atoms. The molecule has 0 aromatic rings. The number of alkyl halides is 2. The second-order valence-electron chi connectivity index (χ2n) is 5.28. The summed E-state index contributed by atoms with van der Waals surface area (Å²) in [7, 11) is 0. The Hall–Kier alpha value is -1.40. The Morgan fingerprint density at radius 1 is 1.39 bits per heavy atom. The van der Waals surface area contributed by atoms with Crippen molar-refractivity contribution >= 4 is 12.1 Å². The lowest BCUT2D eigenvalue weighted by Gasteiger charge is -2.38.